The summed E-state index contributed by atoms with van der Waals surface area (Å²) < 4.78 is 14.1. The van der Waals surface area contributed by atoms with Gasteiger partial charge in [0, 0.05) is 19.5 Å². The maximum atomic E-state index is 13.4. The highest BCUT2D eigenvalue weighted by atomic mass is 127. The maximum absolute atomic E-state index is 13.4. The Balaban J connectivity index is 1.44. The minimum Gasteiger partial charge on any atom is -0.481 e. The number of aliphatic carboxylic acids is 1. The van der Waals surface area contributed by atoms with Crippen molar-refractivity contribution in [1.29, 1.82) is 0 Å². The molecule has 0 saturated carbocycles. The van der Waals surface area contributed by atoms with Gasteiger partial charge in [-0.2, -0.15) is 5.10 Å². The zero-order valence-corrected chi connectivity index (χ0v) is 22.1. The number of benzene rings is 2. The van der Waals surface area contributed by atoms with Gasteiger partial charge < -0.3 is 26.4 Å². The fraction of sp³-hybridized carbons (Fsp3) is 0.261. The third-order valence-electron chi connectivity index (χ3n) is 5.42. The van der Waals surface area contributed by atoms with Crippen molar-refractivity contribution in [3.63, 3.8) is 0 Å². The minimum atomic E-state index is -1.10. The van der Waals surface area contributed by atoms with Crippen LogP contribution < -0.4 is 21.3 Å². The lowest BCUT2D eigenvalue weighted by Crippen LogP contribution is -2.41. The first kappa shape index (κ1) is 26.6. The molecule has 0 aliphatic carbocycles. The second-order valence-corrected chi connectivity index (χ2v) is 9.93. The van der Waals surface area contributed by atoms with Crippen molar-refractivity contribution in [2.24, 2.45) is 4.99 Å². The number of nitrogens with one attached hydrogen (secondary N) is 5. The SMILES string of the molecule is O=C(O)CC(NC(=O)CNC(=O)c1cc(NC2=NCC(F)CN2)c2cn[nH]c2c1)c1cc(Cl)cc(I)c1. The number of anilines is 1. The van der Waals surface area contributed by atoms with Gasteiger partial charge >= 0.3 is 5.97 Å². The van der Waals surface area contributed by atoms with E-state index in [1.165, 1.54) is 0 Å². The predicted molar refractivity (Wildman–Crippen MR) is 145 cm³/mol. The van der Waals surface area contributed by atoms with Crippen LogP contribution in [0.4, 0.5) is 10.1 Å². The number of carboxylic acid groups (broad SMARTS) is 1. The van der Waals surface area contributed by atoms with E-state index in [1.807, 2.05) is 22.6 Å². The first-order chi connectivity index (χ1) is 17.7. The number of nitrogens with zero attached hydrogens (tertiary/aromatic N) is 2. The van der Waals surface area contributed by atoms with E-state index in [4.69, 9.17) is 11.6 Å². The molecule has 0 spiro atoms. The fourth-order valence-electron chi connectivity index (χ4n) is 3.73. The summed E-state index contributed by atoms with van der Waals surface area (Å²) in [6.45, 7) is -0.244. The van der Waals surface area contributed by atoms with Crippen molar-refractivity contribution >= 4 is 74.5 Å². The summed E-state index contributed by atoms with van der Waals surface area (Å²) in [7, 11) is 0. The van der Waals surface area contributed by atoms with Gasteiger partial charge in [-0.1, -0.05) is 11.6 Å². The van der Waals surface area contributed by atoms with Gasteiger partial charge in [-0.05, 0) is 58.5 Å². The summed E-state index contributed by atoms with van der Waals surface area (Å²) in [4.78, 5) is 40.9. The molecule has 2 atom stereocenters. The monoisotopic (exact) mass is 641 g/mol. The summed E-state index contributed by atoms with van der Waals surface area (Å²) >= 11 is 8.14. The van der Waals surface area contributed by atoms with Crippen LogP contribution in [0.1, 0.15) is 28.4 Å². The van der Waals surface area contributed by atoms with Crippen molar-refractivity contribution in [3.05, 3.63) is 56.2 Å². The number of guanidine groups is 1. The van der Waals surface area contributed by atoms with Crippen LogP contribution in [0.3, 0.4) is 0 Å². The Morgan fingerprint density at radius 2 is 2.05 bits per heavy atom. The number of amides is 2. The van der Waals surface area contributed by atoms with Crippen LogP contribution in [0.5, 0.6) is 0 Å². The number of rotatable bonds is 8. The van der Waals surface area contributed by atoms with Crippen LogP contribution in [-0.4, -0.2) is 64.9 Å². The Hall–Kier alpha value is -3.46. The van der Waals surface area contributed by atoms with Gasteiger partial charge in [0.05, 0.1) is 49.5 Å². The maximum Gasteiger partial charge on any atom is 0.305 e. The molecule has 1 aromatic heterocycles. The van der Waals surface area contributed by atoms with Crippen LogP contribution in [0.2, 0.25) is 5.02 Å². The van der Waals surface area contributed by atoms with Crippen LogP contribution in [-0.2, 0) is 9.59 Å². The Labute approximate surface area is 228 Å². The summed E-state index contributed by atoms with van der Waals surface area (Å²) in [5, 5.41) is 28.3. The quantitative estimate of drug-likeness (QED) is 0.206. The van der Waals surface area contributed by atoms with Crippen LogP contribution in [0.15, 0.2) is 41.5 Å². The number of H-pyrrole nitrogens is 1. The molecule has 2 heterocycles. The molecule has 194 valence electrons. The zero-order valence-electron chi connectivity index (χ0n) is 19.1. The molecule has 0 fully saturated rings. The van der Waals surface area contributed by atoms with Gasteiger partial charge in [0.1, 0.15) is 6.17 Å². The highest BCUT2D eigenvalue weighted by Crippen LogP contribution is 2.25. The van der Waals surface area contributed by atoms with Gasteiger partial charge in [-0.25, -0.2) is 9.38 Å². The molecule has 11 nitrogen and oxygen atoms in total. The number of carbonyl (C=O) groups is 3. The molecule has 14 heteroatoms. The molecule has 37 heavy (non-hydrogen) atoms. The smallest absolute Gasteiger partial charge is 0.305 e. The van der Waals surface area contributed by atoms with E-state index in [0.29, 0.717) is 33.1 Å². The van der Waals surface area contributed by atoms with E-state index >= 15 is 0 Å². The lowest BCUT2D eigenvalue weighted by Gasteiger charge is -2.19. The molecule has 6 N–H and O–H groups in total. The molecular weight excluding hydrogens is 620 g/mol. The number of aromatic amines is 1. The molecule has 1 aliphatic rings. The summed E-state index contributed by atoms with van der Waals surface area (Å²) in [5.74, 6) is -1.84. The van der Waals surface area contributed by atoms with Crippen LogP contribution in [0.25, 0.3) is 10.9 Å². The minimum absolute atomic E-state index is 0.0242. The van der Waals surface area contributed by atoms with Gasteiger partial charge in [0.25, 0.3) is 5.91 Å². The standard InChI is InChI=1S/C23H22ClFIN7O4/c24-13-1-11(2-15(26)5-13)17(6-21(35)36)31-20(34)10-27-22(37)12-3-18(16-9-30-33-19(16)4-12)32-23-28-7-14(25)8-29-23/h1-5,9,14,17H,6-8,10H2,(H,27,37)(H,30,33)(H,31,34)(H,35,36)(H2,28,29,32). The van der Waals surface area contributed by atoms with Gasteiger partial charge in [-0.15, -0.1) is 0 Å². The Kier molecular flexibility index (Phi) is 8.43. The van der Waals surface area contributed by atoms with Gasteiger partial charge in [0.15, 0.2) is 5.96 Å². The van der Waals surface area contributed by atoms with Crippen LogP contribution >= 0.6 is 34.2 Å². The summed E-state index contributed by atoms with van der Waals surface area (Å²) in [6.07, 6.45) is 0.150. The molecule has 2 aromatic carbocycles. The van der Waals surface area contributed by atoms with E-state index < -0.39 is 30.0 Å². The number of carbonyl (C=O) groups excluding carboxylic acids is 2. The number of hydrogen-bond donors (Lipinski definition) is 6. The normalized spacial score (nSPS) is 15.9. The second kappa shape index (κ2) is 11.7. The van der Waals surface area contributed by atoms with Crippen molar-refractivity contribution in [1.82, 2.24) is 26.1 Å². The molecular formula is C23H22ClFIN7O4. The summed E-state index contributed by atoms with van der Waals surface area (Å²) in [5.41, 5.74) is 1.86. The summed E-state index contributed by atoms with van der Waals surface area (Å²) in [6, 6.07) is 7.34. The Morgan fingerprint density at radius 1 is 1.24 bits per heavy atom. The fourth-order valence-corrected chi connectivity index (χ4v) is 4.85. The van der Waals surface area contributed by atoms with Crippen molar-refractivity contribution in [2.45, 2.75) is 18.6 Å². The number of carboxylic acids is 1. The molecule has 0 saturated heterocycles. The van der Waals surface area contributed by atoms with Crippen LogP contribution in [0, 0.1) is 3.57 Å². The van der Waals surface area contributed by atoms with Gasteiger partial charge in [-0.3, -0.25) is 19.5 Å². The van der Waals surface area contributed by atoms with E-state index in [-0.39, 0.29) is 31.6 Å². The first-order valence-corrected chi connectivity index (χ1v) is 12.6. The number of halogens is 3. The molecule has 0 bridgehead atoms. The van der Waals surface area contributed by atoms with E-state index in [9.17, 15) is 23.9 Å². The topological polar surface area (TPSA) is 161 Å². The lowest BCUT2D eigenvalue weighted by atomic mass is 10.0. The van der Waals surface area contributed by atoms with Crippen molar-refractivity contribution in [3.8, 4) is 0 Å². The molecule has 1 aliphatic heterocycles. The molecule has 2 amide bonds. The molecule has 3 aromatic rings. The van der Waals surface area contributed by atoms with Crippen molar-refractivity contribution in [2.75, 3.05) is 25.0 Å². The number of hydrogen-bond acceptors (Lipinski definition) is 7. The number of aliphatic imine (C=N–C) groups is 1. The predicted octanol–water partition coefficient (Wildman–Crippen LogP) is 2.59. The average molecular weight is 642 g/mol. The lowest BCUT2D eigenvalue weighted by molar-refractivity contribution is -0.137. The van der Waals surface area contributed by atoms with Gasteiger partial charge in [0.2, 0.25) is 5.91 Å². The number of aromatic nitrogens is 2. The molecule has 4 rings (SSSR count). The van der Waals surface area contributed by atoms with E-state index in [1.54, 1.807) is 36.5 Å². The highest BCUT2D eigenvalue weighted by molar-refractivity contribution is 14.1. The third-order valence-corrected chi connectivity index (χ3v) is 6.26. The second-order valence-electron chi connectivity index (χ2n) is 8.25. The average Bonchev–Trinajstić information content (AvgIpc) is 3.32. The van der Waals surface area contributed by atoms with Crippen molar-refractivity contribution < 1.29 is 23.9 Å². The first-order valence-electron chi connectivity index (χ1n) is 11.1. The molecule has 0 radical (unpaired) electrons. The number of alkyl halides is 1. The van der Waals surface area contributed by atoms with E-state index in [2.05, 4.69) is 36.5 Å². The third kappa shape index (κ3) is 7.07. The van der Waals surface area contributed by atoms with E-state index in [0.717, 1.165) is 3.57 Å². The Bertz CT molecular complexity index is 1360. The highest BCUT2D eigenvalue weighted by Gasteiger charge is 2.21. The zero-order chi connectivity index (χ0) is 26.5. The Morgan fingerprint density at radius 3 is 2.76 bits per heavy atom. The largest absolute Gasteiger partial charge is 0.481 e. The number of fused-ring (bicyclic) bond motifs is 1. The molecule has 2 unspecified atom stereocenters.